The number of aromatic nitrogens is 1. The molecule has 0 radical (unpaired) electrons. The fourth-order valence-electron chi connectivity index (χ4n) is 4.23. The quantitative estimate of drug-likeness (QED) is 0.489. The number of H-pyrrole nitrogens is 1. The zero-order valence-corrected chi connectivity index (χ0v) is 19.3. The molecule has 0 saturated heterocycles. The van der Waals surface area contributed by atoms with Crippen molar-refractivity contribution in [3.8, 4) is 11.5 Å². The second kappa shape index (κ2) is 10.0. The molecule has 1 fully saturated rings. The minimum atomic E-state index is -0.0994. The van der Waals surface area contributed by atoms with E-state index in [1.807, 2.05) is 55.5 Å². The number of hydrogen-bond donors (Lipinski definition) is 2. The highest BCUT2D eigenvalue weighted by molar-refractivity contribution is 7.80. The lowest BCUT2D eigenvalue weighted by molar-refractivity contribution is 0.311. The molecule has 6 nitrogen and oxygen atoms in total. The van der Waals surface area contributed by atoms with Gasteiger partial charge in [-0.3, -0.25) is 4.79 Å². The fraction of sp³-hybridized carbons (Fsp3) is 0.360. The van der Waals surface area contributed by atoms with Gasteiger partial charge in [-0.25, -0.2) is 0 Å². The van der Waals surface area contributed by atoms with Crippen molar-refractivity contribution in [2.75, 3.05) is 19.0 Å². The Kier molecular flexibility index (Phi) is 6.95. The molecule has 168 valence electrons. The summed E-state index contributed by atoms with van der Waals surface area (Å²) in [7, 11) is 1.62. The zero-order chi connectivity index (χ0) is 22.5. The van der Waals surface area contributed by atoms with E-state index in [-0.39, 0.29) is 5.56 Å². The van der Waals surface area contributed by atoms with Crippen molar-refractivity contribution in [1.29, 1.82) is 0 Å². The number of ether oxygens (including phenoxy) is 2. The Balaban J connectivity index is 1.57. The summed E-state index contributed by atoms with van der Waals surface area (Å²) >= 11 is 5.80. The van der Waals surface area contributed by atoms with Crippen molar-refractivity contribution in [3.63, 3.8) is 0 Å². The standard InChI is InChI=1S/C25H29N3O3S/c1-3-31-21-12-9-19(10-13-21)26-25(32)28(20-6-4-5-7-20)16-18-14-17-8-11-22(30-2)15-23(17)27-24(18)29/h8-15,20H,3-7,16H2,1-2H3,(H,26,32)(H,27,29). The van der Waals surface area contributed by atoms with Gasteiger partial charge < -0.3 is 24.7 Å². The molecular weight excluding hydrogens is 422 g/mol. The van der Waals surface area contributed by atoms with E-state index in [2.05, 4.69) is 15.2 Å². The number of aromatic amines is 1. The Labute approximate surface area is 193 Å². The molecule has 32 heavy (non-hydrogen) atoms. The van der Waals surface area contributed by atoms with Gasteiger partial charge in [-0.2, -0.15) is 0 Å². The molecule has 1 aliphatic carbocycles. The number of methoxy groups -OCH3 is 1. The van der Waals surface area contributed by atoms with E-state index in [1.165, 1.54) is 12.8 Å². The van der Waals surface area contributed by atoms with Crippen molar-refractivity contribution in [2.24, 2.45) is 0 Å². The van der Waals surface area contributed by atoms with Crippen LogP contribution in [-0.2, 0) is 6.54 Å². The van der Waals surface area contributed by atoms with Crippen LogP contribution in [0, 0.1) is 0 Å². The van der Waals surface area contributed by atoms with E-state index in [9.17, 15) is 4.79 Å². The number of rotatable bonds is 7. The van der Waals surface area contributed by atoms with Gasteiger partial charge >= 0.3 is 0 Å². The molecule has 2 aromatic carbocycles. The molecule has 3 aromatic rings. The lowest BCUT2D eigenvalue weighted by Crippen LogP contribution is -2.42. The summed E-state index contributed by atoms with van der Waals surface area (Å²) in [6, 6.07) is 15.8. The predicted octanol–water partition coefficient (Wildman–Crippen LogP) is 5.08. The summed E-state index contributed by atoms with van der Waals surface area (Å²) in [5, 5.41) is 4.96. The van der Waals surface area contributed by atoms with E-state index < -0.39 is 0 Å². The predicted molar refractivity (Wildman–Crippen MR) is 133 cm³/mol. The molecule has 2 N–H and O–H groups in total. The second-order valence-corrected chi connectivity index (χ2v) is 8.42. The van der Waals surface area contributed by atoms with E-state index in [0.29, 0.717) is 35.6 Å². The number of hydrogen-bond acceptors (Lipinski definition) is 4. The summed E-state index contributed by atoms with van der Waals surface area (Å²) < 4.78 is 10.8. The van der Waals surface area contributed by atoms with Gasteiger partial charge in [0.25, 0.3) is 5.56 Å². The van der Waals surface area contributed by atoms with Gasteiger partial charge in [-0.05, 0) is 79.8 Å². The highest BCUT2D eigenvalue weighted by atomic mass is 32.1. The maximum atomic E-state index is 12.9. The lowest BCUT2D eigenvalue weighted by Gasteiger charge is -2.31. The van der Waals surface area contributed by atoms with Crippen LogP contribution in [0.4, 0.5) is 5.69 Å². The van der Waals surface area contributed by atoms with Crippen LogP contribution < -0.4 is 20.3 Å². The Morgan fingerprint density at radius 1 is 1.12 bits per heavy atom. The molecule has 1 saturated carbocycles. The second-order valence-electron chi connectivity index (χ2n) is 8.03. The van der Waals surface area contributed by atoms with Crippen LogP contribution in [0.1, 0.15) is 38.2 Å². The van der Waals surface area contributed by atoms with Gasteiger partial charge in [0, 0.05) is 23.4 Å². The number of thiocarbonyl (C=S) groups is 1. The van der Waals surface area contributed by atoms with Crippen LogP contribution in [0.3, 0.4) is 0 Å². The molecule has 0 aliphatic heterocycles. The third kappa shape index (κ3) is 5.05. The number of nitrogens with one attached hydrogen (secondary N) is 2. The lowest BCUT2D eigenvalue weighted by atomic mass is 10.1. The molecule has 1 aromatic heterocycles. The molecule has 4 rings (SSSR count). The zero-order valence-electron chi connectivity index (χ0n) is 18.5. The molecule has 0 atom stereocenters. The van der Waals surface area contributed by atoms with Crippen molar-refractivity contribution < 1.29 is 9.47 Å². The summed E-state index contributed by atoms with van der Waals surface area (Å²) in [4.78, 5) is 18.0. The van der Waals surface area contributed by atoms with Crippen molar-refractivity contribution in [2.45, 2.75) is 45.2 Å². The third-order valence-electron chi connectivity index (χ3n) is 5.91. The first-order valence-electron chi connectivity index (χ1n) is 11.1. The monoisotopic (exact) mass is 451 g/mol. The first-order chi connectivity index (χ1) is 15.6. The molecule has 0 spiro atoms. The largest absolute Gasteiger partial charge is 0.497 e. The van der Waals surface area contributed by atoms with Gasteiger partial charge in [-0.15, -0.1) is 0 Å². The number of benzene rings is 2. The number of fused-ring (bicyclic) bond motifs is 1. The summed E-state index contributed by atoms with van der Waals surface area (Å²) in [6.45, 7) is 3.06. The van der Waals surface area contributed by atoms with E-state index in [0.717, 1.165) is 35.2 Å². The van der Waals surface area contributed by atoms with Gasteiger partial charge in [0.05, 0.1) is 25.8 Å². The molecule has 0 bridgehead atoms. The van der Waals surface area contributed by atoms with Gasteiger partial charge in [0.1, 0.15) is 11.5 Å². The van der Waals surface area contributed by atoms with Crippen LogP contribution in [0.2, 0.25) is 0 Å². The average molecular weight is 452 g/mol. The Morgan fingerprint density at radius 3 is 2.53 bits per heavy atom. The maximum Gasteiger partial charge on any atom is 0.253 e. The molecule has 0 unspecified atom stereocenters. The van der Waals surface area contributed by atoms with Gasteiger partial charge in [0.15, 0.2) is 5.11 Å². The maximum absolute atomic E-state index is 12.9. The minimum absolute atomic E-state index is 0.0994. The molecule has 7 heteroatoms. The number of nitrogens with zero attached hydrogens (tertiary/aromatic N) is 1. The first-order valence-corrected chi connectivity index (χ1v) is 11.5. The summed E-state index contributed by atoms with van der Waals surface area (Å²) in [5.74, 6) is 1.55. The van der Waals surface area contributed by atoms with Crippen LogP contribution in [0.5, 0.6) is 11.5 Å². The molecule has 1 aliphatic rings. The summed E-state index contributed by atoms with van der Waals surface area (Å²) in [6.07, 6.45) is 4.52. The third-order valence-corrected chi connectivity index (χ3v) is 6.25. The smallest absolute Gasteiger partial charge is 0.253 e. The number of pyridine rings is 1. The highest BCUT2D eigenvalue weighted by Gasteiger charge is 2.26. The Morgan fingerprint density at radius 2 is 1.84 bits per heavy atom. The molecule has 0 amide bonds. The van der Waals surface area contributed by atoms with Crippen LogP contribution >= 0.6 is 12.2 Å². The first kappa shape index (κ1) is 22.1. The molecular formula is C25H29N3O3S. The Hall–Kier alpha value is -3.06. The van der Waals surface area contributed by atoms with Gasteiger partial charge in [-0.1, -0.05) is 12.8 Å². The summed E-state index contributed by atoms with van der Waals surface area (Å²) in [5.41, 5.74) is 2.27. The normalized spacial score (nSPS) is 13.8. The fourth-order valence-corrected chi connectivity index (χ4v) is 4.56. The van der Waals surface area contributed by atoms with Crippen molar-refractivity contribution in [3.05, 3.63) is 64.4 Å². The average Bonchev–Trinajstić information content (AvgIpc) is 3.33. The van der Waals surface area contributed by atoms with Crippen molar-refractivity contribution >= 4 is 33.9 Å². The highest BCUT2D eigenvalue weighted by Crippen LogP contribution is 2.27. The van der Waals surface area contributed by atoms with E-state index in [1.54, 1.807) is 7.11 Å². The van der Waals surface area contributed by atoms with Crippen LogP contribution in [0.25, 0.3) is 10.9 Å². The SMILES string of the molecule is CCOc1ccc(NC(=S)N(Cc2cc3ccc(OC)cc3[nH]c2=O)C2CCCC2)cc1. The van der Waals surface area contributed by atoms with E-state index >= 15 is 0 Å². The van der Waals surface area contributed by atoms with Crippen LogP contribution in [-0.4, -0.2) is 34.8 Å². The van der Waals surface area contributed by atoms with Crippen LogP contribution in [0.15, 0.2) is 53.3 Å². The van der Waals surface area contributed by atoms with Crippen molar-refractivity contribution in [1.82, 2.24) is 9.88 Å². The van der Waals surface area contributed by atoms with Gasteiger partial charge in [0.2, 0.25) is 0 Å². The topological polar surface area (TPSA) is 66.6 Å². The Bertz CT molecular complexity index is 1140. The minimum Gasteiger partial charge on any atom is -0.497 e. The number of anilines is 1. The van der Waals surface area contributed by atoms with E-state index in [4.69, 9.17) is 21.7 Å². The molecule has 1 heterocycles.